The quantitative estimate of drug-likeness (QED) is 0.154. The molecule has 1 unspecified atom stereocenters. The summed E-state index contributed by atoms with van der Waals surface area (Å²) < 4.78 is 10.8. The number of benzene rings is 2. The lowest BCUT2D eigenvalue weighted by molar-refractivity contribution is -0.214. The van der Waals surface area contributed by atoms with Gasteiger partial charge in [-0.25, -0.2) is 0 Å². The lowest BCUT2D eigenvalue weighted by Gasteiger charge is -2.37. The Bertz CT molecular complexity index is 1310. The fourth-order valence-electron chi connectivity index (χ4n) is 4.99. The van der Waals surface area contributed by atoms with Crippen LogP contribution in [-0.2, 0) is 9.47 Å². The molecule has 11 heteroatoms. The van der Waals surface area contributed by atoms with Gasteiger partial charge in [0.2, 0.25) is 0 Å². The van der Waals surface area contributed by atoms with Crippen molar-refractivity contribution in [2.75, 3.05) is 13.2 Å². The van der Waals surface area contributed by atoms with E-state index in [-0.39, 0.29) is 5.78 Å². The van der Waals surface area contributed by atoms with Gasteiger partial charge in [-0.15, -0.1) is 0 Å². The van der Waals surface area contributed by atoms with Crippen molar-refractivity contribution in [3.05, 3.63) is 58.7 Å². The number of ether oxygens (including phenoxy) is 2. The average molecular weight is 553 g/mol. The second-order valence-electron chi connectivity index (χ2n) is 9.89. The SMILES string of the molecule is O=C1c2cc(C#C[C@H]3O[C@H](CO)[C@@H](O)[C@H](O)C3O)ccc2-c2ccc(C#C[C@H]3O[C@H](CO)[C@@H](O)[C@H](O)[C@@H]3O)cc21. The van der Waals surface area contributed by atoms with Crippen molar-refractivity contribution in [3.8, 4) is 34.8 Å². The molecule has 0 saturated carbocycles. The molecule has 210 valence electrons. The Morgan fingerprint density at radius 3 is 1.35 bits per heavy atom. The summed E-state index contributed by atoms with van der Waals surface area (Å²) in [5.74, 6) is 10.7. The Labute approximate surface area is 228 Å². The van der Waals surface area contributed by atoms with Gasteiger partial charge in [0, 0.05) is 22.3 Å². The van der Waals surface area contributed by atoms with Crippen LogP contribution < -0.4 is 0 Å². The maximum Gasteiger partial charge on any atom is 0.194 e. The normalized spacial score (nSPS) is 34.6. The van der Waals surface area contributed by atoms with Crippen molar-refractivity contribution in [1.82, 2.24) is 0 Å². The van der Waals surface area contributed by atoms with E-state index in [4.69, 9.17) is 9.47 Å². The first kappa shape index (κ1) is 28.4. The summed E-state index contributed by atoms with van der Waals surface area (Å²) >= 11 is 0. The van der Waals surface area contributed by atoms with Crippen molar-refractivity contribution >= 4 is 5.78 Å². The van der Waals surface area contributed by atoms with E-state index in [1.807, 2.05) is 0 Å². The second kappa shape index (κ2) is 11.4. The minimum atomic E-state index is -1.54. The van der Waals surface area contributed by atoms with Gasteiger partial charge < -0.3 is 50.3 Å². The zero-order chi connectivity index (χ0) is 28.7. The Hall–Kier alpha value is -3.17. The molecule has 3 aliphatic rings. The number of ketones is 1. The van der Waals surface area contributed by atoms with E-state index in [0.29, 0.717) is 33.4 Å². The Morgan fingerprint density at radius 1 is 0.575 bits per heavy atom. The Kier molecular flexibility index (Phi) is 8.06. The molecule has 0 bridgehead atoms. The predicted molar refractivity (Wildman–Crippen MR) is 137 cm³/mol. The number of carbonyl (C=O) groups is 1. The number of fused-ring (bicyclic) bond motifs is 3. The minimum absolute atomic E-state index is 0.266. The molecule has 2 aromatic rings. The standard InChI is InChI=1S/C29H28O11/c30-11-21-26(35)28(37)24(33)19(39-21)7-3-13-1-5-15-16-6-2-14(10-18(16)23(32)17(15)9-13)4-8-20-25(34)29(38)27(36)22(12-31)40-20/h1-2,5-6,9-10,19-22,24-31,33-38H,11-12H2/t19-,20-,21-,22-,24-,25?,26-,27-,28-,29-/m1/s1. The first-order valence-corrected chi connectivity index (χ1v) is 12.6. The van der Waals surface area contributed by atoms with Crippen molar-refractivity contribution in [1.29, 1.82) is 0 Å². The van der Waals surface area contributed by atoms with Crippen LogP contribution in [0.1, 0.15) is 27.0 Å². The summed E-state index contributed by atoms with van der Waals surface area (Å²) in [7, 11) is 0. The zero-order valence-corrected chi connectivity index (χ0v) is 21.0. The van der Waals surface area contributed by atoms with Crippen LogP contribution in [0.4, 0.5) is 0 Å². The molecule has 2 aliphatic heterocycles. The number of rotatable bonds is 2. The molecule has 8 N–H and O–H groups in total. The lowest BCUT2D eigenvalue weighted by atomic mass is 9.95. The molecular formula is C29H28O11. The van der Waals surface area contributed by atoms with Crippen molar-refractivity contribution in [2.45, 2.75) is 61.0 Å². The fourth-order valence-corrected chi connectivity index (χ4v) is 4.99. The number of carbonyl (C=O) groups excluding carboxylic acids is 1. The van der Waals surface area contributed by atoms with Gasteiger partial charge in [-0.3, -0.25) is 4.79 Å². The predicted octanol–water partition coefficient (Wildman–Crippen LogP) is -2.71. The summed E-state index contributed by atoms with van der Waals surface area (Å²) in [6, 6.07) is 10.0. The Balaban J connectivity index is 1.35. The Morgan fingerprint density at radius 2 is 0.975 bits per heavy atom. The first-order valence-electron chi connectivity index (χ1n) is 12.6. The van der Waals surface area contributed by atoms with Gasteiger partial charge in [0.05, 0.1) is 13.2 Å². The van der Waals surface area contributed by atoms with E-state index in [1.165, 1.54) is 0 Å². The fraction of sp³-hybridized carbons (Fsp3) is 0.414. The van der Waals surface area contributed by atoms with Crippen LogP contribution in [0.2, 0.25) is 0 Å². The highest BCUT2D eigenvalue weighted by Gasteiger charge is 2.43. The highest BCUT2D eigenvalue weighted by Crippen LogP contribution is 2.37. The van der Waals surface area contributed by atoms with Crippen LogP contribution in [0.25, 0.3) is 11.1 Å². The third kappa shape index (κ3) is 5.05. The smallest absolute Gasteiger partial charge is 0.194 e. The second-order valence-corrected chi connectivity index (χ2v) is 9.89. The van der Waals surface area contributed by atoms with Crippen molar-refractivity contribution in [2.24, 2.45) is 0 Å². The van der Waals surface area contributed by atoms with Crippen molar-refractivity contribution < 1.29 is 55.1 Å². The summed E-state index contributed by atoms with van der Waals surface area (Å²) in [6.45, 7) is -1.13. The van der Waals surface area contributed by atoms with Crippen LogP contribution in [-0.4, -0.2) is 121 Å². The molecule has 10 atom stereocenters. The van der Waals surface area contributed by atoms with Gasteiger partial charge >= 0.3 is 0 Å². The van der Waals surface area contributed by atoms with E-state index in [2.05, 4.69) is 23.7 Å². The van der Waals surface area contributed by atoms with Gasteiger partial charge in [-0.05, 0) is 35.4 Å². The molecule has 2 saturated heterocycles. The number of hydrogen-bond acceptors (Lipinski definition) is 11. The van der Waals surface area contributed by atoms with Crippen LogP contribution in [0, 0.1) is 23.7 Å². The lowest BCUT2D eigenvalue weighted by Crippen LogP contribution is -2.58. The van der Waals surface area contributed by atoms with E-state index in [0.717, 1.165) is 0 Å². The molecule has 5 rings (SSSR count). The van der Waals surface area contributed by atoms with Crippen LogP contribution in [0.5, 0.6) is 0 Å². The summed E-state index contributed by atoms with van der Waals surface area (Å²) in [4.78, 5) is 13.2. The minimum Gasteiger partial charge on any atom is -0.394 e. The largest absolute Gasteiger partial charge is 0.394 e. The summed E-state index contributed by atoms with van der Waals surface area (Å²) in [6.07, 6.45) is -13.5. The first-order chi connectivity index (χ1) is 19.1. The molecule has 0 aromatic heterocycles. The summed E-state index contributed by atoms with van der Waals surface area (Å²) in [5, 5.41) is 78.8. The molecule has 2 heterocycles. The molecule has 2 aromatic carbocycles. The van der Waals surface area contributed by atoms with Gasteiger partial charge in [-0.1, -0.05) is 35.8 Å². The summed E-state index contributed by atoms with van der Waals surface area (Å²) in [5.41, 5.74) is 3.06. The molecular weight excluding hydrogens is 524 g/mol. The van der Waals surface area contributed by atoms with Crippen molar-refractivity contribution in [3.63, 3.8) is 0 Å². The molecule has 0 amide bonds. The van der Waals surface area contributed by atoms with Gasteiger partial charge in [-0.2, -0.15) is 0 Å². The molecule has 1 aliphatic carbocycles. The van der Waals surface area contributed by atoms with Gasteiger partial charge in [0.1, 0.15) is 61.0 Å². The monoisotopic (exact) mass is 552 g/mol. The number of aliphatic hydroxyl groups excluding tert-OH is 8. The van der Waals surface area contributed by atoms with Crippen LogP contribution >= 0.6 is 0 Å². The van der Waals surface area contributed by atoms with Crippen LogP contribution in [0.3, 0.4) is 0 Å². The third-order valence-electron chi connectivity index (χ3n) is 7.32. The molecule has 2 fully saturated rings. The maximum absolute atomic E-state index is 13.2. The van der Waals surface area contributed by atoms with E-state index < -0.39 is 74.3 Å². The molecule has 40 heavy (non-hydrogen) atoms. The van der Waals surface area contributed by atoms with E-state index >= 15 is 0 Å². The zero-order valence-electron chi connectivity index (χ0n) is 21.0. The third-order valence-corrected chi connectivity index (χ3v) is 7.32. The maximum atomic E-state index is 13.2. The topological polar surface area (TPSA) is 197 Å². The molecule has 0 radical (unpaired) electrons. The van der Waals surface area contributed by atoms with E-state index in [9.17, 15) is 45.6 Å². The highest BCUT2D eigenvalue weighted by molar-refractivity contribution is 6.22. The molecule has 11 nitrogen and oxygen atoms in total. The van der Waals surface area contributed by atoms with Gasteiger partial charge in [0.25, 0.3) is 0 Å². The number of hydrogen-bond donors (Lipinski definition) is 8. The average Bonchev–Trinajstić information content (AvgIpc) is 3.24. The number of aliphatic hydroxyl groups is 8. The van der Waals surface area contributed by atoms with Gasteiger partial charge in [0.15, 0.2) is 5.78 Å². The van der Waals surface area contributed by atoms with E-state index in [1.54, 1.807) is 36.4 Å². The van der Waals surface area contributed by atoms with Crippen LogP contribution in [0.15, 0.2) is 36.4 Å². The highest BCUT2D eigenvalue weighted by atomic mass is 16.5. The molecule has 0 spiro atoms.